The summed E-state index contributed by atoms with van der Waals surface area (Å²) in [6.45, 7) is 4.81. The highest BCUT2D eigenvalue weighted by molar-refractivity contribution is 5.87. The van der Waals surface area contributed by atoms with Gasteiger partial charge < -0.3 is 15.2 Å². The average Bonchev–Trinajstić information content (AvgIpc) is 2.42. The highest BCUT2D eigenvalue weighted by atomic mass is 19.1. The van der Waals surface area contributed by atoms with Crippen molar-refractivity contribution in [3.63, 3.8) is 0 Å². The topological polar surface area (TPSA) is 58.6 Å². The Morgan fingerprint density at radius 1 is 1.40 bits per heavy atom. The molecule has 0 unspecified atom stereocenters. The number of ether oxygens (including phenoxy) is 1. The molecule has 0 atom stereocenters. The Bertz CT molecular complexity index is 435. The third kappa shape index (κ3) is 4.90. The van der Waals surface area contributed by atoms with Gasteiger partial charge in [0.25, 0.3) is 0 Å². The summed E-state index contributed by atoms with van der Waals surface area (Å²) in [5.41, 5.74) is -0.139. The van der Waals surface area contributed by atoms with E-state index in [4.69, 9.17) is 9.84 Å². The van der Waals surface area contributed by atoms with E-state index in [9.17, 15) is 9.18 Å². The lowest BCUT2D eigenvalue weighted by molar-refractivity contribution is -0.125. The summed E-state index contributed by atoms with van der Waals surface area (Å²) in [4.78, 5) is 12.2. The predicted octanol–water partition coefficient (Wildman–Crippen LogP) is 1.62. The van der Waals surface area contributed by atoms with Gasteiger partial charge in [-0.1, -0.05) is 12.1 Å². The third-order valence-electron chi connectivity index (χ3n) is 3.10. The maximum Gasteiger partial charge on any atom is 0.230 e. The molecule has 0 aliphatic heterocycles. The molecule has 1 rings (SSSR count). The standard InChI is InChI=1S/C15H22FNO3/c1-15(2,12-5-3-6-13(16)11-12)14(19)17-7-4-9-20-10-8-18/h3,5-6,11,18H,4,7-10H2,1-2H3,(H,17,19). The number of rotatable bonds is 8. The Hall–Kier alpha value is -1.46. The van der Waals surface area contributed by atoms with Gasteiger partial charge in [-0.15, -0.1) is 0 Å². The fraction of sp³-hybridized carbons (Fsp3) is 0.533. The van der Waals surface area contributed by atoms with Crippen LogP contribution in [0.5, 0.6) is 0 Å². The van der Waals surface area contributed by atoms with Crippen molar-refractivity contribution in [1.29, 1.82) is 0 Å². The first-order valence-corrected chi connectivity index (χ1v) is 6.71. The minimum atomic E-state index is -0.784. The van der Waals surface area contributed by atoms with Crippen LogP contribution in [-0.4, -0.2) is 37.4 Å². The monoisotopic (exact) mass is 283 g/mol. The highest BCUT2D eigenvalue weighted by Gasteiger charge is 2.29. The molecule has 0 radical (unpaired) electrons. The smallest absolute Gasteiger partial charge is 0.230 e. The van der Waals surface area contributed by atoms with Gasteiger partial charge in [0.2, 0.25) is 5.91 Å². The van der Waals surface area contributed by atoms with Gasteiger partial charge in [-0.25, -0.2) is 4.39 Å². The number of nitrogens with one attached hydrogen (secondary N) is 1. The van der Waals surface area contributed by atoms with Crippen LogP contribution in [0.4, 0.5) is 4.39 Å². The van der Waals surface area contributed by atoms with E-state index in [0.717, 1.165) is 0 Å². The number of aliphatic hydroxyl groups is 1. The van der Waals surface area contributed by atoms with Crippen molar-refractivity contribution in [2.75, 3.05) is 26.4 Å². The second-order valence-electron chi connectivity index (χ2n) is 5.08. The van der Waals surface area contributed by atoms with Crippen LogP contribution in [0.1, 0.15) is 25.8 Å². The van der Waals surface area contributed by atoms with Gasteiger partial charge in [0.15, 0.2) is 0 Å². The van der Waals surface area contributed by atoms with Gasteiger partial charge in [-0.05, 0) is 38.0 Å². The molecule has 0 bridgehead atoms. The molecule has 0 spiro atoms. The van der Waals surface area contributed by atoms with Crippen molar-refractivity contribution in [3.8, 4) is 0 Å². The number of benzene rings is 1. The van der Waals surface area contributed by atoms with Crippen LogP contribution >= 0.6 is 0 Å². The number of carbonyl (C=O) groups is 1. The fourth-order valence-electron chi connectivity index (χ4n) is 1.77. The summed E-state index contributed by atoms with van der Waals surface area (Å²) in [5, 5.41) is 11.4. The van der Waals surface area contributed by atoms with Crippen LogP contribution in [0.2, 0.25) is 0 Å². The predicted molar refractivity (Wildman–Crippen MR) is 75.0 cm³/mol. The minimum Gasteiger partial charge on any atom is -0.394 e. The lowest BCUT2D eigenvalue weighted by atomic mass is 9.83. The first-order valence-electron chi connectivity index (χ1n) is 6.71. The zero-order chi connectivity index (χ0) is 15.0. The molecule has 0 aromatic heterocycles. The SMILES string of the molecule is CC(C)(C(=O)NCCCOCCO)c1cccc(F)c1. The summed E-state index contributed by atoms with van der Waals surface area (Å²) in [7, 11) is 0. The molecule has 0 saturated carbocycles. The lowest BCUT2D eigenvalue weighted by Gasteiger charge is -2.24. The van der Waals surface area contributed by atoms with Crippen LogP contribution in [0.15, 0.2) is 24.3 Å². The summed E-state index contributed by atoms with van der Waals surface area (Å²) >= 11 is 0. The van der Waals surface area contributed by atoms with Crippen molar-refractivity contribution in [1.82, 2.24) is 5.32 Å². The Balaban J connectivity index is 2.45. The Morgan fingerprint density at radius 3 is 2.80 bits per heavy atom. The second kappa shape index (κ2) is 7.97. The van der Waals surface area contributed by atoms with Crippen molar-refractivity contribution in [2.45, 2.75) is 25.7 Å². The summed E-state index contributed by atoms with van der Waals surface area (Å²) < 4.78 is 18.3. The van der Waals surface area contributed by atoms with Crippen LogP contribution in [0, 0.1) is 5.82 Å². The first-order chi connectivity index (χ1) is 9.48. The number of amides is 1. The fourth-order valence-corrected chi connectivity index (χ4v) is 1.77. The van der Waals surface area contributed by atoms with E-state index in [-0.39, 0.29) is 18.3 Å². The van der Waals surface area contributed by atoms with Gasteiger partial charge in [-0.3, -0.25) is 4.79 Å². The molecule has 0 saturated heterocycles. The number of halogens is 1. The highest BCUT2D eigenvalue weighted by Crippen LogP contribution is 2.23. The van der Waals surface area contributed by atoms with E-state index in [1.165, 1.54) is 12.1 Å². The quantitative estimate of drug-likeness (QED) is 0.713. The zero-order valence-electron chi connectivity index (χ0n) is 12.0. The Kier molecular flexibility index (Phi) is 6.61. The molecular formula is C15H22FNO3. The molecule has 0 aliphatic carbocycles. The van der Waals surface area contributed by atoms with E-state index in [1.807, 2.05) is 0 Å². The zero-order valence-corrected chi connectivity index (χ0v) is 12.0. The molecular weight excluding hydrogens is 261 g/mol. The molecule has 112 valence electrons. The van der Waals surface area contributed by atoms with Crippen molar-refractivity contribution in [3.05, 3.63) is 35.6 Å². The number of aliphatic hydroxyl groups excluding tert-OH is 1. The maximum absolute atomic E-state index is 13.2. The van der Waals surface area contributed by atoms with Crippen molar-refractivity contribution < 1.29 is 19.0 Å². The second-order valence-corrected chi connectivity index (χ2v) is 5.08. The molecule has 5 heteroatoms. The summed E-state index contributed by atoms with van der Waals surface area (Å²) in [5.74, 6) is -0.494. The summed E-state index contributed by atoms with van der Waals surface area (Å²) in [6.07, 6.45) is 0.672. The van der Waals surface area contributed by atoms with Gasteiger partial charge >= 0.3 is 0 Å². The average molecular weight is 283 g/mol. The molecule has 0 heterocycles. The Morgan fingerprint density at radius 2 is 2.15 bits per heavy atom. The third-order valence-corrected chi connectivity index (χ3v) is 3.10. The van der Waals surface area contributed by atoms with Gasteiger partial charge in [-0.2, -0.15) is 0 Å². The van der Waals surface area contributed by atoms with Gasteiger partial charge in [0.05, 0.1) is 18.6 Å². The van der Waals surface area contributed by atoms with Crippen molar-refractivity contribution in [2.24, 2.45) is 0 Å². The molecule has 20 heavy (non-hydrogen) atoms. The number of hydrogen-bond acceptors (Lipinski definition) is 3. The number of carbonyl (C=O) groups excluding carboxylic acids is 1. The maximum atomic E-state index is 13.2. The van der Waals surface area contributed by atoms with E-state index in [2.05, 4.69) is 5.32 Å². The lowest BCUT2D eigenvalue weighted by Crippen LogP contribution is -2.40. The van der Waals surface area contributed by atoms with E-state index in [1.54, 1.807) is 26.0 Å². The van der Waals surface area contributed by atoms with Crippen molar-refractivity contribution >= 4 is 5.91 Å². The van der Waals surface area contributed by atoms with Crippen LogP contribution in [0.3, 0.4) is 0 Å². The first kappa shape index (κ1) is 16.6. The van der Waals surface area contributed by atoms with Crippen LogP contribution in [0.25, 0.3) is 0 Å². The summed E-state index contributed by atoms with van der Waals surface area (Å²) in [6, 6.07) is 6.08. The molecule has 0 aliphatic rings. The largest absolute Gasteiger partial charge is 0.394 e. The molecule has 1 aromatic rings. The molecule has 0 fully saturated rings. The molecule has 1 amide bonds. The minimum absolute atomic E-state index is 0.00103. The molecule has 4 nitrogen and oxygen atoms in total. The van der Waals surface area contributed by atoms with Gasteiger partial charge in [0, 0.05) is 13.2 Å². The van der Waals surface area contributed by atoms with E-state index < -0.39 is 5.41 Å². The van der Waals surface area contributed by atoms with E-state index in [0.29, 0.717) is 31.7 Å². The number of hydrogen-bond donors (Lipinski definition) is 2. The molecule has 1 aromatic carbocycles. The molecule has 2 N–H and O–H groups in total. The van der Waals surface area contributed by atoms with E-state index >= 15 is 0 Å². The van der Waals surface area contributed by atoms with Crippen LogP contribution in [-0.2, 0) is 14.9 Å². The van der Waals surface area contributed by atoms with Crippen LogP contribution < -0.4 is 5.32 Å². The Labute approximate surface area is 119 Å². The normalized spacial score (nSPS) is 11.4. The van der Waals surface area contributed by atoms with Gasteiger partial charge in [0.1, 0.15) is 5.82 Å².